The van der Waals surface area contributed by atoms with Gasteiger partial charge in [0.15, 0.2) is 0 Å². The van der Waals surface area contributed by atoms with Crippen molar-refractivity contribution < 1.29 is 4.79 Å². The second-order valence-electron chi connectivity index (χ2n) is 5.69. The molecule has 0 spiro atoms. The third-order valence-corrected chi connectivity index (χ3v) is 4.11. The van der Waals surface area contributed by atoms with Crippen LogP contribution in [0, 0.1) is 17.8 Å². The zero-order valence-corrected chi connectivity index (χ0v) is 9.75. The molecule has 1 amide bonds. The Balaban J connectivity index is 2.08. The lowest BCUT2D eigenvalue weighted by molar-refractivity contribution is -0.126. The van der Waals surface area contributed by atoms with Crippen molar-refractivity contribution in [2.75, 3.05) is 6.54 Å². The molecule has 0 aromatic heterocycles. The minimum absolute atomic E-state index is 0.129. The number of hydrogen-bond acceptors (Lipinski definition) is 2. The highest BCUT2D eigenvalue weighted by Crippen LogP contribution is 2.50. The smallest absolute Gasteiger partial charge is 0.238 e. The summed E-state index contributed by atoms with van der Waals surface area (Å²) >= 11 is 0. The largest absolute Gasteiger partial charge is 0.368 e. The Morgan fingerprint density at radius 2 is 2.27 bits per heavy atom. The third kappa shape index (κ3) is 1.78. The number of fused-ring (bicyclic) bond motifs is 2. The van der Waals surface area contributed by atoms with E-state index in [1.54, 1.807) is 0 Å². The highest BCUT2D eigenvalue weighted by Gasteiger charge is 2.54. The molecule has 3 atom stereocenters. The van der Waals surface area contributed by atoms with Crippen LogP contribution < -0.4 is 11.1 Å². The van der Waals surface area contributed by atoms with Crippen LogP contribution in [0.4, 0.5) is 0 Å². The SMILES string of the molecule is CC(C)CNC1(C(N)=O)CC2CCC1C2. The van der Waals surface area contributed by atoms with E-state index < -0.39 is 0 Å². The predicted molar refractivity (Wildman–Crippen MR) is 60.2 cm³/mol. The fourth-order valence-corrected chi connectivity index (χ4v) is 3.32. The van der Waals surface area contributed by atoms with Crippen LogP contribution in [0.25, 0.3) is 0 Å². The average Bonchev–Trinajstić information content (AvgIpc) is 2.74. The number of hydrogen-bond donors (Lipinski definition) is 2. The lowest BCUT2D eigenvalue weighted by Gasteiger charge is -2.36. The molecule has 0 saturated heterocycles. The second-order valence-corrected chi connectivity index (χ2v) is 5.69. The summed E-state index contributed by atoms with van der Waals surface area (Å²) in [5.41, 5.74) is 5.24. The predicted octanol–water partition coefficient (Wildman–Crippen LogP) is 1.28. The minimum Gasteiger partial charge on any atom is -0.368 e. The number of carbonyl (C=O) groups is 1. The van der Waals surface area contributed by atoms with E-state index in [1.165, 1.54) is 19.3 Å². The summed E-state index contributed by atoms with van der Waals surface area (Å²) in [6.45, 7) is 5.22. The summed E-state index contributed by atoms with van der Waals surface area (Å²) in [6, 6.07) is 0. The molecule has 2 fully saturated rings. The quantitative estimate of drug-likeness (QED) is 0.734. The molecule has 15 heavy (non-hydrogen) atoms. The highest BCUT2D eigenvalue weighted by molar-refractivity contribution is 5.85. The Morgan fingerprint density at radius 1 is 1.53 bits per heavy atom. The van der Waals surface area contributed by atoms with Gasteiger partial charge in [0.1, 0.15) is 5.54 Å². The molecule has 3 unspecified atom stereocenters. The van der Waals surface area contributed by atoms with Gasteiger partial charge in [-0.1, -0.05) is 20.3 Å². The van der Waals surface area contributed by atoms with E-state index in [0.29, 0.717) is 11.8 Å². The van der Waals surface area contributed by atoms with Crippen molar-refractivity contribution in [2.45, 2.75) is 45.1 Å². The molecule has 86 valence electrons. The van der Waals surface area contributed by atoms with Crippen molar-refractivity contribution in [1.29, 1.82) is 0 Å². The average molecular weight is 210 g/mol. The molecule has 0 radical (unpaired) electrons. The summed E-state index contributed by atoms with van der Waals surface area (Å²) < 4.78 is 0. The van der Waals surface area contributed by atoms with Gasteiger partial charge >= 0.3 is 0 Å². The monoisotopic (exact) mass is 210 g/mol. The van der Waals surface area contributed by atoms with E-state index in [1.807, 2.05) is 0 Å². The number of nitrogens with one attached hydrogen (secondary N) is 1. The van der Waals surface area contributed by atoms with Crippen LogP contribution in [0.3, 0.4) is 0 Å². The lowest BCUT2D eigenvalue weighted by atomic mass is 9.80. The van der Waals surface area contributed by atoms with E-state index in [2.05, 4.69) is 19.2 Å². The van der Waals surface area contributed by atoms with E-state index in [4.69, 9.17) is 5.73 Å². The maximum atomic E-state index is 11.7. The van der Waals surface area contributed by atoms with Crippen LogP contribution >= 0.6 is 0 Å². The van der Waals surface area contributed by atoms with E-state index in [9.17, 15) is 4.79 Å². The lowest BCUT2D eigenvalue weighted by Crippen LogP contribution is -2.59. The van der Waals surface area contributed by atoms with Crippen LogP contribution in [0.2, 0.25) is 0 Å². The summed E-state index contributed by atoms with van der Waals surface area (Å²) in [7, 11) is 0. The van der Waals surface area contributed by atoms with Crippen LogP contribution in [-0.4, -0.2) is 18.0 Å². The first-order valence-electron chi connectivity index (χ1n) is 6.09. The fraction of sp³-hybridized carbons (Fsp3) is 0.917. The standard InChI is InChI=1S/C12H22N2O/c1-8(2)7-14-12(11(13)15)6-9-3-4-10(12)5-9/h8-10,14H,3-7H2,1-2H3,(H2,13,15). The molecule has 0 aliphatic heterocycles. The molecule has 3 nitrogen and oxygen atoms in total. The minimum atomic E-state index is -0.368. The normalized spacial score (nSPS) is 38.9. The first-order chi connectivity index (χ1) is 7.04. The summed E-state index contributed by atoms with van der Waals surface area (Å²) in [5, 5.41) is 3.45. The number of nitrogens with two attached hydrogens (primary N) is 1. The van der Waals surface area contributed by atoms with Crippen molar-refractivity contribution in [2.24, 2.45) is 23.5 Å². The van der Waals surface area contributed by atoms with Gasteiger partial charge in [-0.2, -0.15) is 0 Å². The number of rotatable bonds is 4. The molecule has 3 heteroatoms. The Bertz CT molecular complexity index is 264. The number of amides is 1. The van der Waals surface area contributed by atoms with Gasteiger partial charge in [-0.25, -0.2) is 0 Å². The Morgan fingerprint density at radius 3 is 2.67 bits per heavy atom. The van der Waals surface area contributed by atoms with Crippen LogP contribution in [0.1, 0.15) is 39.5 Å². The number of primary amides is 1. The Labute approximate surface area is 91.8 Å². The van der Waals surface area contributed by atoms with Crippen molar-refractivity contribution >= 4 is 5.91 Å². The third-order valence-electron chi connectivity index (χ3n) is 4.11. The maximum absolute atomic E-state index is 11.7. The van der Waals surface area contributed by atoms with Gasteiger partial charge in [0.05, 0.1) is 0 Å². The van der Waals surface area contributed by atoms with Gasteiger partial charge in [-0.3, -0.25) is 4.79 Å². The van der Waals surface area contributed by atoms with Gasteiger partial charge < -0.3 is 11.1 Å². The first-order valence-corrected chi connectivity index (χ1v) is 6.09. The summed E-state index contributed by atoms with van der Waals surface area (Å²) in [5.74, 6) is 1.68. The molecule has 0 aromatic rings. The van der Waals surface area contributed by atoms with E-state index >= 15 is 0 Å². The van der Waals surface area contributed by atoms with Crippen molar-refractivity contribution in [3.63, 3.8) is 0 Å². The van der Waals surface area contributed by atoms with Gasteiger partial charge in [0.2, 0.25) is 5.91 Å². The molecule has 2 aliphatic carbocycles. The molecule has 0 heterocycles. The molecular formula is C12H22N2O. The second kappa shape index (κ2) is 3.78. The van der Waals surface area contributed by atoms with Crippen molar-refractivity contribution in [3.05, 3.63) is 0 Å². The summed E-state index contributed by atoms with van der Waals surface area (Å²) in [6.07, 6.45) is 4.65. The zero-order chi connectivity index (χ0) is 11.1. The maximum Gasteiger partial charge on any atom is 0.238 e. The zero-order valence-electron chi connectivity index (χ0n) is 9.75. The number of carbonyl (C=O) groups excluding carboxylic acids is 1. The van der Waals surface area contributed by atoms with E-state index in [-0.39, 0.29) is 11.4 Å². The fourth-order valence-electron chi connectivity index (χ4n) is 3.32. The van der Waals surface area contributed by atoms with Crippen molar-refractivity contribution in [3.8, 4) is 0 Å². The molecule has 3 N–H and O–H groups in total. The van der Waals surface area contributed by atoms with Gasteiger partial charge in [-0.05, 0) is 43.6 Å². The van der Waals surface area contributed by atoms with Crippen LogP contribution in [0.5, 0.6) is 0 Å². The highest BCUT2D eigenvalue weighted by atomic mass is 16.1. The Hall–Kier alpha value is -0.570. The molecule has 2 aliphatic rings. The van der Waals surface area contributed by atoms with Gasteiger partial charge in [-0.15, -0.1) is 0 Å². The van der Waals surface area contributed by atoms with Crippen molar-refractivity contribution in [1.82, 2.24) is 5.32 Å². The summed E-state index contributed by atoms with van der Waals surface area (Å²) in [4.78, 5) is 11.7. The molecule has 0 aromatic carbocycles. The van der Waals surface area contributed by atoms with Gasteiger partial charge in [0.25, 0.3) is 0 Å². The molecule has 2 bridgehead atoms. The van der Waals surface area contributed by atoms with Gasteiger partial charge in [0, 0.05) is 0 Å². The topological polar surface area (TPSA) is 55.1 Å². The Kier molecular flexibility index (Phi) is 2.75. The molecule has 2 saturated carbocycles. The molecule has 2 rings (SSSR count). The first kappa shape index (κ1) is 10.9. The molecular weight excluding hydrogens is 188 g/mol. The van der Waals surface area contributed by atoms with E-state index in [0.717, 1.165) is 18.9 Å². The van der Waals surface area contributed by atoms with Crippen LogP contribution in [0.15, 0.2) is 0 Å². The van der Waals surface area contributed by atoms with Crippen LogP contribution in [-0.2, 0) is 4.79 Å².